The summed E-state index contributed by atoms with van der Waals surface area (Å²) in [4.78, 5) is 12.1. The van der Waals surface area contributed by atoms with Gasteiger partial charge in [0.15, 0.2) is 5.82 Å². The highest BCUT2D eigenvalue weighted by Crippen LogP contribution is 2.46. The third kappa shape index (κ3) is 2.26. The molecule has 20 heavy (non-hydrogen) atoms. The van der Waals surface area contributed by atoms with E-state index >= 15 is 0 Å². The van der Waals surface area contributed by atoms with Crippen LogP contribution in [0.3, 0.4) is 0 Å². The van der Waals surface area contributed by atoms with E-state index in [4.69, 9.17) is 4.74 Å². The molecular weight excluding hydrogens is 258 g/mol. The summed E-state index contributed by atoms with van der Waals surface area (Å²) in [6, 6.07) is -0.183. The molecule has 2 N–H and O–H groups in total. The van der Waals surface area contributed by atoms with Crippen LogP contribution in [0.4, 0.5) is 10.6 Å². The molecule has 1 aliphatic carbocycles. The first kappa shape index (κ1) is 14.8. The number of aryl methyl sites for hydroxylation is 1. The van der Waals surface area contributed by atoms with Crippen molar-refractivity contribution in [3.05, 3.63) is 5.69 Å². The third-order valence-electron chi connectivity index (χ3n) is 4.42. The van der Waals surface area contributed by atoms with E-state index in [1.807, 2.05) is 6.92 Å². The number of methoxy groups -OCH3 is 1. The van der Waals surface area contributed by atoms with Gasteiger partial charge in [-0.05, 0) is 6.92 Å². The molecule has 0 aromatic carbocycles. The molecule has 1 aliphatic rings. The van der Waals surface area contributed by atoms with Gasteiger partial charge in [0, 0.05) is 31.5 Å². The zero-order valence-electron chi connectivity index (χ0n) is 12.9. The fourth-order valence-electron chi connectivity index (χ4n) is 3.23. The maximum atomic E-state index is 12.1. The highest BCUT2D eigenvalue weighted by molar-refractivity contribution is 5.89. The quantitative estimate of drug-likeness (QED) is 0.875. The number of carbonyl (C=O) groups excluding carboxylic acids is 1. The van der Waals surface area contributed by atoms with E-state index in [-0.39, 0.29) is 29.5 Å². The first-order valence-corrected chi connectivity index (χ1v) is 6.75. The van der Waals surface area contributed by atoms with Crippen molar-refractivity contribution in [2.45, 2.75) is 39.8 Å². The molecule has 1 saturated carbocycles. The number of hydrogen-bond acceptors (Lipinski definition) is 4. The molecule has 3 atom stereocenters. The van der Waals surface area contributed by atoms with Crippen molar-refractivity contribution in [1.82, 2.24) is 20.3 Å². The Balaban J connectivity index is 1.98. The average molecular weight is 281 g/mol. The van der Waals surface area contributed by atoms with E-state index in [0.717, 1.165) is 5.69 Å². The van der Waals surface area contributed by atoms with Crippen molar-refractivity contribution < 1.29 is 9.53 Å². The van der Waals surface area contributed by atoms with Crippen molar-refractivity contribution in [2.24, 2.45) is 18.4 Å². The second-order valence-electron chi connectivity index (χ2n) is 6.06. The third-order valence-corrected chi connectivity index (χ3v) is 4.42. The van der Waals surface area contributed by atoms with Gasteiger partial charge in [-0.1, -0.05) is 26.0 Å². The van der Waals surface area contributed by atoms with Gasteiger partial charge in [-0.15, -0.1) is 5.10 Å². The summed E-state index contributed by atoms with van der Waals surface area (Å²) in [7, 11) is 3.49. The van der Waals surface area contributed by atoms with Crippen LogP contribution in [-0.4, -0.2) is 40.3 Å². The molecule has 1 aromatic rings. The number of nitrogens with one attached hydrogen (secondary N) is 2. The molecule has 7 nitrogen and oxygen atoms in total. The van der Waals surface area contributed by atoms with Crippen LogP contribution in [0.1, 0.15) is 26.5 Å². The Kier molecular flexibility index (Phi) is 3.73. The number of carbonyl (C=O) groups is 1. The van der Waals surface area contributed by atoms with Crippen LogP contribution in [0.25, 0.3) is 0 Å². The Labute approximate surface area is 119 Å². The zero-order valence-corrected chi connectivity index (χ0v) is 12.9. The van der Waals surface area contributed by atoms with Crippen molar-refractivity contribution in [1.29, 1.82) is 0 Å². The van der Waals surface area contributed by atoms with Crippen LogP contribution in [0.15, 0.2) is 0 Å². The predicted octanol–water partition coefficient (Wildman–Crippen LogP) is 1.30. The van der Waals surface area contributed by atoms with Crippen molar-refractivity contribution in [3.8, 4) is 0 Å². The fourth-order valence-corrected chi connectivity index (χ4v) is 3.23. The zero-order chi connectivity index (χ0) is 15.1. The maximum absolute atomic E-state index is 12.1. The van der Waals surface area contributed by atoms with Crippen LogP contribution in [0.5, 0.6) is 0 Å². The van der Waals surface area contributed by atoms with Gasteiger partial charge in [0.1, 0.15) is 0 Å². The lowest BCUT2D eigenvalue weighted by atomic mass is 9.58. The number of amides is 2. The molecule has 7 heteroatoms. The minimum absolute atomic E-state index is 0.0735. The Morgan fingerprint density at radius 3 is 2.55 bits per heavy atom. The maximum Gasteiger partial charge on any atom is 0.320 e. The minimum Gasteiger partial charge on any atom is -0.380 e. The summed E-state index contributed by atoms with van der Waals surface area (Å²) in [5, 5.41) is 13.5. The molecule has 0 saturated heterocycles. The van der Waals surface area contributed by atoms with Crippen LogP contribution in [-0.2, 0) is 11.8 Å². The summed E-state index contributed by atoms with van der Waals surface area (Å²) in [5.74, 6) is 0.766. The lowest BCUT2D eigenvalue weighted by Crippen LogP contribution is -2.68. The summed E-state index contributed by atoms with van der Waals surface area (Å²) < 4.78 is 7.09. The van der Waals surface area contributed by atoms with Gasteiger partial charge < -0.3 is 10.1 Å². The van der Waals surface area contributed by atoms with E-state index in [1.165, 1.54) is 0 Å². The number of hydrogen-bond donors (Lipinski definition) is 2. The normalized spacial score (nSPS) is 27.8. The van der Waals surface area contributed by atoms with Crippen molar-refractivity contribution >= 4 is 11.8 Å². The second kappa shape index (κ2) is 5.05. The van der Waals surface area contributed by atoms with Crippen LogP contribution in [0, 0.1) is 18.3 Å². The molecule has 2 amide bonds. The molecular formula is C13H23N5O2. The Morgan fingerprint density at radius 1 is 1.45 bits per heavy atom. The van der Waals surface area contributed by atoms with E-state index < -0.39 is 0 Å². The molecule has 1 aromatic heterocycles. The lowest BCUT2D eigenvalue weighted by molar-refractivity contribution is -0.140. The summed E-state index contributed by atoms with van der Waals surface area (Å²) in [6.45, 7) is 8.13. The van der Waals surface area contributed by atoms with Gasteiger partial charge in [0.2, 0.25) is 0 Å². The molecule has 112 valence electrons. The number of aromatic nitrogens is 3. The highest BCUT2D eigenvalue weighted by atomic mass is 16.5. The van der Waals surface area contributed by atoms with E-state index in [0.29, 0.717) is 5.82 Å². The largest absolute Gasteiger partial charge is 0.380 e. The van der Waals surface area contributed by atoms with Gasteiger partial charge in [-0.2, -0.15) is 0 Å². The van der Waals surface area contributed by atoms with Crippen LogP contribution < -0.4 is 10.6 Å². The molecule has 1 heterocycles. The minimum atomic E-state index is -0.256. The molecule has 3 unspecified atom stereocenters. The van der Waals surface area contributed by atoms with Gasteiger partial charge in [-0.25, -0.2) is 4.79 Å². The Hall–Kier alpha value is -1.63. The molecule has 0 aliphatic heterocycles. The number of nitrogens with zero attached hydrogens (tertiary/aromatic N) is 3. The number of ether oxygens (including phenoxy) is 1. The first-order chi connectivity index (χ1) is 9.28. The second-order valence-corrected chi connectivity index (χ2v) is 6.06. The Morgan fingerprint density at radius 2 is 2.10 bits per heavy atom. The van der Waals surface area contributed by atoms with E-state index in [1.54, 1.807) is 18.8 Å². The predicted molar refractivity (Wildman–Crippen MR) is 75.4 cm³/mol. The molecule has 0 radical (unpaired) electrons. The molecule has 1 fully saturated rings. The summed E-state index contributed by atoms with van der Waals surface area (Å²) >= 11 is 0. The van der Waals surface area contributed by atoms with Crippen LogP contribution in [0.2, 0.25) is 0 Å². The van der Waals surface area contributed by atoms with Gasteiger partial charge in [0.05, 0.1) is 11.8 Å². The summed E-state index contributed by atoms with van der Waals surface area (Å²) in [6.07, 6.45) is 0.158. The van der Waals surface area contributed by atoms with E-state index in [9.17, 15) is 4.79 Å². The molecule has 2 rings (SSSR count). The van der Waals surface area contributed by atoms with Crippen molar-refractivity contribution in [2.75, 3.05) is 12.4 Å². The average Bonchev–Trinajstić information content (AvgIpc) is 2.68. The lowest BCUT2D eigenvalue weighted by Gasteiger charge is -2.56. The SMILES string of the molecule is COC1C(C)C(NC(=O)Nc2nnn(C)c2C)C1(C)C. The first-order valence-electron chi connectivity index (χ1n) is 6.75. The van der Waals surface area contributed by atoms with Gasteiger partial charge in [0.25, 0.3) is 0 Å². The monoisotopic (exact) mass is 281 g/mol. The molecule has 0 bridgehead atoms. The number of rotatable bonds is 3. The smallest absolute Gasteiger partial charge is 0.320 e. The van der Waals surface area contributed by atoms with Gasteiger partial charge >= 0.3 is 6.03 Å². The number of anilines is 1. The topological polar surface area (TPSA) is 81.1 Å². The number of urea groups is 1. The van der Waals surface area contributed by atoms with E-state index in [2.05, 4.69) is 41.7 Å². The van der Waals surface area contributed by atoms with Gasteiger partial charge in [-0.3, -0.25) is 10.00 Å². The van der Waals surface area contributed by atoms with Crippen molar-refractivity contribution in [3.63, 3.8) is 0 Å². The summed E-state index contributed by atoms with van der Waals surface area (Å²) in [5.41, 5.74) is 0.735. The van der Waals surface area contributed by atoms with Crippen LogP contribution >= 0.6 is 0 Å². The fraction of sp³-hybridized carbons (Fsp3) is 0.769. The standard InChI is InChI=1S/C13H23N5O2/c1-7-9(13(3,4)10(7)20-6)14-12(19)15-11-8(2)18(5)17-16-11/h7,9-10H,1-6H3,(H2,14,15,19). The molecule has 0 spiro atoms. The Bertz CT molecular complexity index is 511. The highest BCUT2D eigenvalue weighted by Gasteiger charge is 2.55.